The molecule has 0 aliphatic rings. The second kappa shape index (κ2) is 8.07. The van der Waals surface area contributed by atoms with Crippen LogP contribution in [0, 0.1) is 5.82 Å². The lowest BCUT2D eigenvalue weighted by Crippen LogP contribution is -2.32. The Morgan fingerprint density at radius 1 is 0.938 bits per heavy atom. The number of aromatic nitrogens is 4. The summed E-state index contributed by atoms with van der Waals surface area (Å²) < 4.78 is 16.6. The van der Waals surface area contributed by atoms with Crippen molar-refractivity contribution >= 4 is 27.8 Å². The van der Waals surface area contributed by atoms with Crippen LogP contribution >= 0.6 is 0 Å². The number of hydrogen-bond donors (Lipinski definition) is 1. The monoisotopic (exact) mass is 427 g/mol. The van der Waals surface area contributed by atoms with Crippen molar-refractivity contribution in [1.82, 2.24) is 24.4 Å². The van der Waals surface area contributed by atoms with E-state index in [0.29, 0.717) is 12.1 Å². The Bertz CT molecular complexity index is 1500. The molecule has 0 saturated heterocycles. The Morgan fingerprint density at radius 3 is 2.56 bits per heavy atom. The Hall–Kier alpha value is -4.33. The zero-order chi connectivity index (χ0) is 22.1. The van der Waals surface area contributed by atoms with Gasteiger partial charge in [0.05, 0.1) is 28.3 Å². The van der Waals surface area contributed by atoms with E-state index in [2.05, 4.69) is 15.3 Å². The molecule has 0 unspecified atom stereocenters. The average Bonchev–Trinajstić information content (AvgIpc) is 3.24. The topological polar surface area (TPSA) is 81.8 Å². The molecular formula is C24H18FN5O2. The molecule has 8 heteroatoms. The van der Waals surface area contributed by atoms with Gasteiger partial charge in [0.25, 0.3) is 5.56 Å². The van der Waals surface area contributed by atoms with Crippen molar-refractivity contribution in [1.29, 1.82) is 0 Å². The van der Waals surface area contributed by atoms with Gasteiger partial charge in [0.1, 0.15) is 18.7 Å². The van der Waals surface area contributed by atoms with Crippen molar-refractivity contribution in [3.63, 3.8) is 0 Å². The van der Waals surface area contributed by atoms with Crippen LogP contribution < -0.4 is 10.9 Å². The molecule has 0 bridgehead atoms. The summed E-state index contributed by atoms with van der Waals surface area (Å²) in [4.78, 5) is 33.4. The predicted octanol–water partition coefficient (Wildman–Crippen LogP) is 3.19. The summed E-state index contributed by atoms with van der Waals surface area (Å²) in [5.74, 6) is -0.861. The van der Waals surface area contributed by atoms with E-state index in [1.54, 1.807) is 6.33 Å². The molecule has 0 atom stereocenters. The maximum Gasteiger partial charge on any atom is 0.261 e. The smallest absolute Gasteiger partial charge is 0.261 e. The molecule has 0 fully saturated rings. The van der Waals surface area contributed by atoms with Gasteiger partial charge in [-0.2, -0.15) is 0 Å². The number of nitrogens with zero attached hydrogens (tertiary/aromatic N) is 4. The zero-order valence-electron chi connectivity index (χ0n) is 16.9. The summed E-state index contributed by atoms with van der Waals surface area (Å²) in [5, 5.41) is 2.94. The molecule has 5 aromatic rings. The van der Waals surface area contributed by atoms with E-state index in [1.807, 2.05) is 53.1 Å². The van der Waals surface area contributed by atoms with E-state index in [9.17, 15) is 14.0 Å². The van der Waals surface area contributed by atoms with Crippen molar-refractivity contribution in [3.8, 4) is 5.69 Å². The van der Waals surface area contributed by atoms with Gasteiger partial charge >= 0.3 is 0 Å². The highest BCUT2D eigenvalue weighted by Gasteiger charge is 2.09. The van der Waals surface area contributed by atoms with Crippen LogP contribution in [0.15, 0.2) is 84.2 Å². The Kier molecular flexibility index (Phi) is 4.95. The first-order valence-electron chi connectivity index (χ1n) is 10.0. The van der Waals surface area contributed by atoms with Gasteiger partial charge < -0.3 is 5.32 Å². The first kappa shape index (κ1) is 19.6. The maximum atomic E-state index is 13.5. The van der Waals surface area contributed by atoms with Crippen molar-refractivity contribution in [2.45, 2.75) is 13.1 Å². The van der Waals surface area contributed by atoms with E-state index < -0.39 is 11.4 Å². The van der Waals surface area contributed by atoms with E-state index in [1.165, 1.54) is 23.0 Å². The van der Waals surface area contributed by atoms with Crippen molar-refractivity contribution in [3.05, 3.63) is 101 Å². The molecule has 1 amide bonds. The number of para-hydroxylation sites is 2. The SMILES string of the molecule is O=C(Cn1cnc2ccc(F)cc2c1=O)NCc1ccc(-n2cnc3ccccc32)cc1. The molecule has 1 N–H and O–H groups in total. The van der Waals surface area contributed by atoms with E-state index in [-0.39, 0.29) is 17.8 Å². The van der Waals surface area contributed by atoms with Gasteiger partial charge in [0, 0.05) is 12.2 Å². The molecular weight excluding hydrogens is 409 g/mol. The number of benzene rings is 3. The molecule has 0 radical (unpaired) electrons. The first-order valence-corrected chi connectivity index (χ1v) is 10.0. The largest absolute Gasteiger partial charge is 0.350 e. The molecule has 2 heterocycles. The Morgan fingerprint density at radius 2 is 1.72 bits per heavy atom. The minimum Gasteiger partial charge on any atom is -0.350 e. The van der Waals surface area contributed by atoms with Crippen molar-refractivity contribution in [2.75, 3.05) is 0 Å². The van der Waals surface area contributed by atoms with Crippen LogP contribution in [0.5, 0.6) is 0 Å². The fraction of sp³-hybridized carbons (Fsp3) is 0.0833. The standard InChI is InChI=1S/C24H18FN5O2/c25-17-7-10-20-19(11-17)24(32)29(14-27-20)13-23(31)26-12-16-5-8-18(9-6-16)30-15-28-21-3-1-2-4-22(21)30/h1-11,14-15H,12-13H2,(H,26,31). The summed E-state index contributed by atoms with van der Waals surface area (Å²) in [6, 6.07) is 19.5. The van der Waals surface area contributed by atoms with E-state index in [4.69, 9.17) is 0 Å². The summed E-state index contributed by atoms with van der Waals surface area (Å²) in [6.07, 6.45) is 3.08. The van der Waals surface area contributed by atoms with Gasteiger partial charge in [0.2, 0.25) is 5.91 Å². The highest BCUT2D eigenvalue weighted by atomic mass is 19.1. The van der Waals surface area contributed by atoms with Crippen LogP contribution in [0.2, 0.25) is 0 Å². The number of rotatable bonds is 5. The number of hydrogen-bond acceptors (Lipinski definition) is 4. The third kappa shape index (κ3) is 3.74. The van der Waals surface area contributed by atoms with Gasteiger partial charge in [-0.3, -0.25) is 18.7 Å². The van der Waals surface area contributed by atoms with Crippen LogP contribution in [0.4, 0.5) is 4.39 Å². The summed E-state index contributed by atoms with van der Waals surface area (Å²) in [6.45, 7) is 0.117. The van der Waals surface area contributed by atoms with Crippen LogP contribution in [-0.4, -0.2) is 25.0 Å². The van der Waals surface area contributed by atoms with Gasteiger partial charge in [-0.05, 0) is 48.0 Å². The number of fused-ring (bicyclic) bond motifs is 2. The number of halogens is 1. The van der Waals surface area contributed by atoms with Crippen LogP contribution in [-0.2, 0) is 17.9 Å². The van der Waals surface area contributed by atoms with Crippen LogP contribution in [0.25, 0.3) is 27.6 Å². The summed E-state index contributed by atoms with van der Waals surface area (Å²) in [5.41, 5.74) is 3.75. The lowest BCUT2D eigenvalue weighted by molar-refractivity contribution is -0.121. The number of carbonyl (C=O) groups is 1. The highest BCUT2D eigenvalue weighted by molar-refractivity contribution is 5.79. The van der Waals surface area contributed by atoms with Crippen molar-refractivity contribution < 1.29 is 9.18 Å². The quantitative estimate of drug-likeness (QED) is 0.467. The normalized spacial score (nSPS) is 11.2. The molecule has 7 nitrogen and oxygen atoms in total. The summed E-state index contributed by atoms with van der Waals surface area (Å²) >= 11 is 0. The number of amides is 1. The molecule has 0 aliphatic carbocycles. The minimum atomic E-state index is -0.522. The second-order valence-electron chi connectivity index (χ2n) is 7.39. The van der Waals surface area contributed by atoms with Crippen LogP contribution in [0.1, 0.15) is 5.56 Å². The molecule has 32 heavy (non-hydrogen) atoms. The zero-order valence-corrected chi connectivity index (χ0v) is 16.9. The molecule has 158 valence electrons. The molecule has 2 aromatic heterocycles. The summed E-state index contributed by atoms with van der Waals surface area (Å²) in [7, 11) is 0. The van der Waals surface area contributed by atoms with Gasteiger partial charge in [-0.1, -0.05) is 24.3 Å². The average molecular weight is 427 g/mol. The maximum absolute atomic E-state index is 13.5. The number of nitrogens with one attached hydrogen (secondary N) is 1. The van der Waals surface area contributed by atoms with Gasteiger partial charge in [-0.25, -0.2) is 14.4 Å². The second-order valence-corrected chi connectivity index (χ2v) is 7.39. The molecule has 0 saturated carbocycles. The highest BCUT2D eigenvalue weighted by Crippen LogP contribution is 2.18. The van der Waals surface area contributed by atoms with E-state index in [0.717, 1.165) is 28.4 Å². The Balaban J connectivity index is 1.26. The molecule has 5 rings (SSSR count). The van der Waals surface area contributed by atoms with Gasteiger partial charge in [0.15, 0.2) is 0 Å². The minimum absolute atomic E-state index is 0.142. The van der Waals surface area contributed by atoms with Crippen molar-refractivity contribution in [2.24, 2.45) is 0 Å². The fourth-order valence-corrected chi connectivity index (χ4v) is 3.59. The predicted molar refractivity (Wildman–Crippen MR) is 119 cm³/mol. The van der Waals surface area contributed by atoms with E-state index >= 15 is 0 Å². The van der Waals surface area contributed by atoms with Crippen LogP contribution in [0.3, 0.4) is 0 Å². The fourth-order valence-electron chi connectivity index (χ4n) is 3.59. The molecule has 0 spiro atoms. The van der Waals surface area contributed by atoms with Gasteiger partial charge in [-0.15, -0.1) is 0 Å². The molecule has 0 aliphatic heterocycles. The third-order valence-corrected chi connectivity index (χ3v) is 5.26. The first-order chi connectivity index (χ1) is 15.6. The number of imidazole rings is 1. The third-order valence-electron chi connectivity index (χ3n) is 5.26. The number of carbonyl (C=O) groups excluding carboxylic acids is 1. The lowest BCUT2D eigenvalue weighted by atomic mass is 10.2. The lowest BCUT2D eigenvalue weighted by Gasteiger charge is -2.09. The molecule has 3 aromatic carbocycles. The Labute approximate surface area is 181 Å².